The summed E-state index contributed by atoms with van der Waals surface area (Å²) in [5.74, 6) is -0.137. The number of nitrogen functional groups attached to an aromatic ring is 1. The second-order valence-corrected chi connectivity index (χ2v) is 5.43. The van der Waals surface area contributed by atoms with Crippen molar-refractivity contribution in [3.8, 4) is 0 Å². The number of rotatable bonds is 5. The van der Waals surface area contributed by atoms with Gasteiger partial charge in [0.2, 0.25) is 0 Å². The molecule has 0 saturated heterocycles. The van der Waals surface area contributed by atoms with E-state index in [4.69, 9.17) is 10.5 Å². The van der Waals surface area contributed by atoms with Crippen LogP contribution in [0, 0.1) is 0 Å². The standard InChI is InChI=1S/C13H23N3O2/c1-9(2)16-7-10(14)6-11(16)12(17)15-13(3,4)8-18-5/h6-7,9H,8,14H2,1-5H3,(H,15,17). The van der Waals surface area contributed by atoms with Crippen molar-refractivity contribution < 1.29 is 9.53 Å². The average Bonchev–Trinajstić information content (AvgIpc) is 2.59. The van der Waals surface area contributed by atoms with Gasteiger partial charge < -0.3 is 20.4 Å². The molecule has 0 spiro atoms. The van der Waals surface area contributed by atoms with Crippen molar-refractivity contribution in [3.05, 3.63) is 18.0 Å². The number of carbonyl (C=O) groups excluding carboxylic acids is 1. The molecule has 0 fully saturated rings. The number of aromatic nitrogens is 1. The van der Waals surface area contributed by atoms with E-state index in [1.54, 1.807) is 19.4 Å². The molecule has 5 heteroatoms. The second kappa shape index (κ2) is 5.44. The van der Waals surface area contributed by atoms with E-state index in [2.05, 4.69) is 5.32 Å². The number of nitrogens with one attached hydrogen (secondary N) is 1. The maximum absolute atomic E-state index is 12.2. The van der Waals surface area contributed by atoms with E-state index in [9.17, 15) is 4.79 Å². The molecule has 3 N–H and O–H groups in total. The fraction of sp³-hybridized carbons (Fsp3) is 0.615. The van der Waals surface area contributed by atoms with Crippen molar-refractivity contribution in [2.24, 2.45) is 0 Å². The predicted molar refractivity (Wildman–Crippen MR) is 72.7 cm³/mol. The molecule has 0 saturated carbocycles. The number of carbonyl (C=O) groups is 1. The molecule has 1 heterocycles. The lowest BCUT2D eigenvalue weighted by molar-refractivity contribution is 0.0810. The quantitative estimate of drug-likeness (QED) is 0.840. The number of amides is 1. The van der Waals surface area contributed by atoms with Crippen LogP contribution < -0.4 is 11.1 Å². The van der Waals surface area contributed by atoms with E-state index in [1.807, 2.05) is 32.3 Å². The highest BCUT2D eigenvalue weighted by atomic mass is 16.5. The summed E-state index contributed by atoms with van der Waals surface area (Å²) in [6.45, 7) is 8.31. The van der Waals surface area contributed by atoms with Crippen LogP contribution in [0.15, 0.2) is 12.3 Å². The van der Waals surface area contributed by atoms with Gasteiger partial charge in [-0.3, -0.25) is 4.79 Å². The van der Waals surface area contributed by atoms with Crippen molar-refractivity contribution in [2.75, 3.05) is 19.5 Å². The monoisotopic (exact) mass is 253 g/mol. The van der Waals surface area contributed by atoms with Crippen LogP contribution in [0.3, 0.4) is 0 Å². The molecule has 0 aliphatic carbocycles. The third-order valence-electron chi connectivity index (χ3n) is 2.62. The van der Waals surface area contributed by atoms with Gasteiger partial charge in [0, 0.05) is 19.3 Å². The molecule has 1 aromatic rings. The zero-order chi connectivity index (χ0) is 13.9. The number of methoxy groups -OCH3 is 1. The van der Waals surface area contributed by atoms with E-state index in [0.29, 0.717) is 18.0 Å². The molecule has 1 amide bonds. The van der Waals surface area contributed by atoms with Gasteiger partial charge in [-0.05, 0) is 33.8 Å². The molecule has 0 aliphatic rings. The Balaban J connectivity index is 2.91. The van der Waals surface area contributed by atoms with E-state index in [1.165, 1.54) is 0 Å². The van der Waals surface area contributed by atoms with Gasteiger partial charge in [0.05, 0.1) is 17.8 Å². The van der Waals surface area contributed by atoms with Crippen LogP contribution in [0.1, 0.15) is 44.2 Å². The van der Waals surface area contributed by atoms with Gasteiger partial charge in [-0.2, -0.15) is 0 Å². The minimum absolute atomic E-state index is 0.137. The largest absolute Gasteiger partial charge is 0.397 e. The molecular formula is C13H23N3O2. The fourth-order valence-corrected chi connectivity index (χ4v) is 1.88. The third-order valence-corrected chi connectivity index (χ3v) is 2.62. The summed E-state index contributed by atoms with van der Waals surface area (Å²) in [5, 5.41) is 2.94. The Morgan fingerprint density at radius 1 is 1.56 bits per heavy atom. The molecule has 0 atom stereocenters. The molecule has 0 bridgehead atoms. The van der Waals surface area contributed by atoms with E-state index in [-0.39, 0.29) is 11.9 Å². The van der Waals surface area contributed by atoms with Crippen LogP contribution in [0.2, 0.25) is 0 Å². The summed E-state index contributed by atoms with van der Waals surface area (Å²) in [4.78, 5) is 12.2. The summed E-state index contributed by atoms with van der Waals surface area (Å²) >= 11 is 0. The van der Waals surface area contributed by atoms with Crippen LogP contribution in [-0.4, -0.2) is 29.7 Å². The molecule has 18 heavy (non-hydrogen) atoms. The van der Waals surface area contributed by atoms with Gasteiger partial charge in [-0.1, -0.05) is 0 Å². The maximum atomic E-state index is 12.2. The summed E-state index contributed by atoms with van der Waals surface area (Å²) in [7, 11) is 1.61. The minimum atomic E-state index is -0.410. The minimum Gasteiger partial charge on any atom is -0.397 e. The van der Waals surface area contributed by atoms with Crippen LogP contribution in [0.4, 0.5) is 5.69 Å². The lowest BCUT2D eigenvalue weighted by Crippen LogP contribution is -2.47. The van der Waals surface area contributed by atoms with Gasteiger partial charge in [0.25, 0.3) is 5.91 Å². The summed E-state index contributed by atoms with van der Waals surface area (Å²) < 4.78 is 6.95. The van der Waals surface area contributed by atoms with Gasteiger partial charge >= 0.3 is 0 Å². The van der Waals surface area contributed by atoms with Crippen molar-refractivity contribution in [1.29, 1.82) is 0 Å². The Morgan fingerprint density at radius 3 is 2.67 bits per heavy atom. The molecule has 0 unspecified atom stereocenters. The van der Waals surface area contributed by atoms with Crippen molar-refractivity contribution in [3.63, 3.8) is 0 Å². The fourth-order valence-electron chi connectivity index (χ4n) is 1.88. The molecule has 1 rings (SSSR count). The van der Waals surface area contributed by atoms with Crippen molar-refractivity contribution >= 4 is 11.6 Å². The highest BCUT2D eigenvalue weighted by Crippen LogP contribution is 2.17. The molecule has 0 aliphatic heterocycles. The van der Waals surface area contributed by atoms with Gasteiger partial charge in [-0.15, -0.1) is 0 Å². The van der Waals surface area contributed by atoms with Crippen LogP contribution in [0.5, 0.6) is 0 Å². The van der Waals surface area contributed by atoms with E-state index < -0.39 is 5.54 Å². The molecular weight excluding hydrogens is 230 g/mol. The lowest BCUT2D eigenvalue weighted by atomic mass is 10.1. The van der Waals surface area contributed by atoms with Crippen LogP contribution in [-0.2, 0) is 4.74 Å². The van der Waals surface area contributed by atoms with E-state index >= 15 is 0 Å². The molecule has 102 valence electrons. The van der Waals surface area contributed by atoms with E-state index in [0.717, 1.165) is 0 Å². The zero-order valence-corrected chi connectivity index (χ0v) is 11.8. The number of hydrogen-bond acceptors (Lipinski definition) is 3. The Kier molecular flexibility index (Phi) is 4.40. The first-order chi connectivity index (χ1) is 8.26. The second-order valence-electron chi connectivity index (χ2n) is 5.43. The lowest BCUT2D eigenvalue weighted by Gasteiger charge is -2.25. The first-order valence-corrected chi connectivity index (χ1v) is 6.05. The topological polar surface area (TPSA) is 69.3 Å². The number of nitrogens with zero attached hydrogens (tertiary/aromatic N) is 1. The Labute approximate surface area is 108 Å². The number of ether oxygens (including phenoxy) is 1. The summed E-state index contributed by atoms with van der Waals surface area (Å²) in [6, 6.07) is 1.88. The predicted octanol–water partition coefficient (Wildman–Crippen LogP) is 1.81. The number of nitrogens with two attached hydrogens (primary N) is 1. The zero-order valence-electron chi connectivity index (χ0n) is 11.8. The maximum Gasteiger partial charge on any atom is 0.268 e. The highest BCUT2D eigenvalue weighted by molar-refractivity contribution is 5.94. The van der Waals surface area contributed by atoms with Gasteiger partial charge in [0.1, 0.15) is 5.69 Å². The highest BCUT2D eigenvalue weighted by Gasteiger charge is 2.23. The Hall–Kier alpha value is -1.49. The summed E-state index contributed by atoms with van der Waals surface area (Å²) in [6.07, 6.45) is 1.78. The molecule has 0 radical (unpaired) electrons. The van der Waals surface area contributed by atoms with Gasteiger partial charge in [-0.25, -0.2) is 0 Å². The van der Waals surface area contributed by atoms with Crippen molar-refractivity contribution in [1.82, 2.24) is 9.88 Å². The first kappa shape index (κ1) is 14.6. The van der Waals surface area contributed by atoms with Crippen LogP contribution >= 0.6 is 0 Å². The average molecular weight is 253 g/mol. The Bertz CT molecular complexity index is 422. The summed E-state index contributed by atoms with van der Waals surface area (Å²) in [5.41, 5.74) is 6.51. The number of anilines is 1. The van der Waals surface area contributed by atoms with Crippen LogP contribution in [0.25, 0.3) is 0 Å². The normalized spacial score (nSPS) is 11.9. The molecule has 0 aromatic carbocycles. The first-order valence-electron chi connectivity index (χ1n) is 6.05. The van der Waals surface area contributed by atoms with Crippen molar-refractivity contribution in [2.45, 2.75) is 39.3 Å². The molecule has 1 aromatic heterocycles. The van der Waals surface area contributed by atoms with Gasteiger partial charge in [0.15, 0.2) is 0 Å². The third kappa shape index (κ3) is 3.50. The number of hydrogen-bond donors (Lipinski definition) is 2. The SMILES string of the molecule is COCC(C)(C)NC(=O)c1cc(N)cn1C(C)C. The smallest absolute Gasteiger partial charge is 0.268 e. The molecule has 5 nitrogen and oxygen atoms in total. The Morgan fingerprint density at radius 2 is 2.17 bits per heavy atom.